The Morgan fingerprint density at radius 2 is 2.00 bits per heavy atom. The largest absolute Gasteiger partial charge is 0.377 e. The standard InChI is InChI=1S/C10H23NO/c1-5-7-9(3)12-8-10(4,11)6-2/h9H,5-8,11H2,1-4H3. The van der Waals surface area contributed by atoms with Gasteiger partial charge in [0.05, 0.1) is 12.7 Å². The number of ether oxygens (including phenoxy) is 1. The van der Waals surface area contributed by atoms with Crippen molar-refractivity contribution in [3.8, 4) is 0 Å². The van der Waals surface area contributed by atoms with Gasteiger partial charge in [-0.25, -0.2) is 0 Å². The summed E-state index contributed by atoms with van der Waals surface area (Å²) in [6.07, 6.45) is 3.62. The van der Waals surface area contributed by atoms with Crippen LogP contribution in [0.4, 0.5) is 0 Å². The predicted molar refractivity (Wildman–Crippen MR) is 53.2 cm³/mol. The average molecular weight is 173 g/mol. The molecule has 0 saturated carbocycles. The molecule has 0 aliphatic rings. The molecular weight excluding hydrogens is 150 g/mol. The van der Waals surface area contributed by atoms with Gasteiger partial charge in [0.1, 0.15) is 0 Å². The fourth-order valence-electron chi connectivity index (χ4n) is 0.925. The fraction of sp³-hybridized carbons (Fsp3) is 1.00. The summed E-state index contributed by atoms with van der Waals surface area (Å²) in [6, 6.07) is 0. The Balaban J connectivity index is 3.52. The Labute approximate surface area is 76.5 Å². The normalized spacial score (nSPS) is 18.8. The molecule has 0 saturated heterocycles. The second kappa shape index (κ2) is 5.55. The van der Waals surface area contributed by atoms with Gasteiger partial charge in [-0.2, -0.15) is 0 Å². The highest BCUT2D eigenvalue weighted by molar-refractivity contribution is 4.75. The van der Waals surface area contributed by atoms with E-state index in [1.54, 1.807) is 0 Å². The highest BCUT2D eigenvalue weighted by atomic mass is 16.5. The smallest absolute Gasteiger partial charge is 0.0646 e. The lowest BCUT2D eigenvalue weighted by atomic mass is 10.0. The highest BCUT2D eigenvalue weighted by Gasteiger charge is 2.16. The minimum atomic E-state index is -0.151. The SMILES string of the molecule is CCCC(C)OCC(C)(N)CC. The molecule has 0 aromatic rings. The van der Waals surface area contributed by atoms with Crippen LogP contribution < -0.4 is 5.73 Å². The van der Waals surface area contributed by atoms with Crippen LogP contribution in [0.2, 0.25) is 0 Å². The molecular formula is C10H23NO. The molecule has 0 spiro atoms. The number of rotatable bonds is 6. The zero-order valence-electron chi connectivity index (χ0n) is 8.89. The van der Waals surface area contributed by atoms with Crippen molar-refractivity contribution in [3.63, 3.8) is 0 Å². The van der Waals surface area contributed by atoms with E-state index in [9.17, 15) is 0 Å². The summed E-state index contributed by atoms with van der Waals surface area (Å²) < 4.78 is 5.61. The van der Waals surface area contributed by atoms with Crippen LogP contribution in [0.15, 0.2) is 0 Å². The van der Waals surface area contributed by atoms with E-state index in [0.717, 1.165) is 12.8 Å². The van der Waals surface area contributed by atoms with Crippen molar-refractivity contribution in [2.45, 2.75) is 58.6 Å². The summed E-state index contributed by atoms with van der Waals surface area (Å²) in [7, 11) is 0. The van der Waals surface area contributed by atoms with Crippen LogP contribution in [0.25, 0.3) is 0 Å². The van der Waals surface area contributed by atoms with Crippen molar-refractivity contribution in [2.24, 2.45) is 5.73 Å². The lowest BCUT2D eigenvalue weighted by molar-refractivity contribution is 0.0284. The molecule has 0 aromatic carbocycles. The van der Waals surface area contributed by atoms with E-state index in [0.29, 0.717) is 12.7 Å². The van der Waals surface area contributed by atoms with E-state index in [1.165, 1.54) is 6.42 Å². The molecule has 0 aromatic heterocycles. The molecule has 2 nitrogen and oxygen atoms in total. The predicted octanol–water partition coefficient (Wildman–Crippen LogP) is 2.32. The van der Waals surface area contributed by atoms with Crippen LogP contribution in [0.5, 0.6) is 0 Å². The third kappa shape index (κ3) is 5.56. The number of hydrogen-bond acceptors (Lipinski definition) is 2. The van der Waals surface area contributed by atoms with E-state index in [4.69, 9.17) is 10.5 Å². The fourth-order valence-corrected chi connectivity index (χ4v) is 0.925. The van der Waals surface area contributed by atoms with Crippen LogP contribution in [0, 0.1) is 0 Å². The van der Waals surface area contributed by atoms with Crippen molar-refractivity contribution in [2.75, 3.05) is 6.61 Å². The first-order chi connectivity index (χ1) is 5.52. The second-order valence-corrected chi connectivity index (χ2v) is 3.92. The van der Waals surface area contributed by atoms with E-state index in [1.807, 2.05) is 6.92 Å². The third-order valence-electron chi connectivity index (χ3n) is 2.20. The molecule has 2 unspecified atom stereocenters. The van der Waals surface area contributed by atoms with Gasteiger partial charge in [0.15, 0.2) is 0 Å². The quantitative estimate of drug-likeness (QED) is 0.669. The highest BCUT2D eigenvalue weighted by Crippen LogP contribution is 2.08. The summed E-state index contributed by atoms with van der Waals surface area (Å²) in [5, 5.41) is 0. The molecule has 0 radical (unpaired) electrons. The molecule has 2 N–H and O–H groups in total. The van der Waals surface area contributed by atoms with Crippen molar-refractivity contribution in [1.29, 1.82) is 0 Å². The molecule has 0 aliphatic heterocycles. The Morgan fingerprint density at radius 3 is 2.42 bits per heavy atom. The van der Waals surface area contributed by atoms with Gasteiger partial charge in [-0.1, -0.05) is 20.3 Å². The number of hydrogen-bond donors (Lipinski definition) is 1. The van der Waals surface area contributed by atoms with Crippen LogP contribution in [0.3, 0.4) is 0 Å². The zero-order valence-corrected chi connectivity index (χ0v) is 8.89. The van der Waals surface area contributed by atoms with Crippen LogP contribution in [-0.4, -0.2) is 18.2 Å². The van der Waals surface area contributed by atoms with Crippen molar-refractivity contribution in [3.05, 3.63) is 0 Å². The van der Waals surface area contributed by atoms with Gasteiger partial charge in [-0.3, -0.25) is 0 Å². The molecule has 2 heteroatoms. The molecule has 0 rings (SSSR count). The monoisotopic (exact) mass is 173 g/mol. The van der Waals surface area contributed by atoms with Gasteiger partial charge in [0.2, 0.25) is 0 Å². The van der Waals surface area contributed by atoms with Gasteiger partial charge in [-0.05, 0) is 26.7 Å². The minimum absolute atomic E-state index is 0.151. The van der Waals surface area contributed by atoms with Crippen LogP contribution in [0.1, 0.15) is 47.0 Å². The van der Waals surface area contributed by atoms with Crippen LogP contribution >= 0.6 is 0 Å². The van der Waals surface area contributed by atoms with Crippen molar-refractivity contribution >= 4 is 0 Å². The van der Waals surface area contributed by atoms with Crippen molar-refractivity contribution in [1.82, 2.24) is 0 Å². The molecule has 0 amide bonds. The topological polar surface area (TPSA) is 35.2 Å². The second-order valence-electron chi connectivity index (χ2n) is 3.92. The Morgan fingerprint density at radius 1 is 1.42 bits per heavy atom. The summed E-state index contributed by atoms with van der Waals surface area (Å²) in [4.78, 5) is 0. The van der Waals surface area contributed by atoms with Gasteiger partial charge in [-0.15, -0.1) is 0 Å². The van der Waals surface area contributed by atoms with Gasteiger partial charge >= 0.3 is 0 Å². The first kappa shape index (κ1) is 11.9. The molecule has 0 aliphatic carbocycles. The maximum atomic E-state index is 5.94. The third-order valence-corrected chi connectivity index (χ3v) is 2.20. The number of nitrogens with two attached hydrogens (primary N) is 1. The van der Waals surface area contributed by atoms with Gasteiger partial charge in [0, 0.05) is 5.54 Å². The molecule has 0 bridgehead atoms. The van der Waals surface area contributed by atoms with Gasteiger partial charge in [0.25, 0.3) is 0 Å². The maximum absolute atomic E-state index is 5.94. The Hall–Kier alpha value is -0.0800. The van der Waals surface area contributed by atoms with Crippen molar-refractivity contribution < 1.29 is 4.74 Å². The first-order valence-corrected chi connectivity index (χ1v) is 4.92. The van der Waals surface area contributed by atoms with Crippen LogP contribution in [-0.2, 0) is 4.74 Å². The molecule has 74 valence electrons. The van der Waals surface area contributed by atoms with E-state index in [2.05, 4.69) is 20.8 Å². The Bertz CT molecular complexity index is 112. The molecule has 12 heavy (non-hydrogen) atoms. The average Bonchev–Trinajstić information content (AvgIpc) is 2.02. The maximum Gasteiger partial charge on any atom is 0.0646 e. The van der Waals surface area contributed by atoms with E-state index < -0.39 is 0 Å². The Kier molecular flexibility index (Phi) is 5.51. The van der Waals surface area contributed by atoms with Gasteiger partial charge < -0.3 is 10.5 Å². The lowest BCUT2D eigenvalue weighted by Gasteiger charge is -2.24. The summed E-state index contributed by atoms with van der Waals surface area (Å²) in [5.41, 5.74) is 5.78. The summed E-state index contributed by atoms with van der Waals surface area (Å²) in [5.74, 6) is 0. The summed E-state index contributed by atoms with van der Waals surface area (Å²) in [6.45, 7) is 9.07. The first-order valence-electron chi connectivity index (χ1n) is 4.92. The molecule has 2 atom stereocenters. The van der Waals surface area contributed by atoms with E-state index in [-0.39, 0.29) is 5.54 Å². The minimum Gasteiger partial charge on any atom is -0.377 e. The molecule has 0 fully saturated rings. The summed E-state index contributed by atoms with van der Waals surface area (Å²) >= 11 is 0. The van der Waals surface area contributed by atoms with E-state index >= 15 is 0 Å². The zero-order chi connectivity index (χ0) is 9.61. The molecule has 0 heterocycles. The lowest BCUT2D eigenvalue weighted by Crippen LogP contribution is -2.41.